The van der Waals surface area contributed by atoms with Crippen LogP contribution in [0.2, 0.25) is 5.02 Å². The van der Waals surface area contributed by atoms with Gasteiger partial charge in [0.2, 0.25) is 0 Å². The molecule has 3 amide bonds. The van der Waals surface area contributed by atoms with Gasteiger partial charge in [-0.2, -0.15) is 0 Å². The highest BCUT2D eigenvalue weighted by Crippen LogP contribution is 2.43. The number of para-hydroxylation sites is 2. The number of amides is 3. The minimum absolute atomic E-state index is 0.0623. The van der Waals surface area contributed by atoms with Crippen LogP contribution in [0, 0.1) is 18.2 Å². The molecule has 3 aliphatic rings. The van der Waals surface area contributed by atoms with E-state index in [4.69, 9.17) is 16.3 Å². The van der Waals surface area contributed by atoms with E-state index in [1.165, 1.54) is 29.5 Å². The average Bonchev–Trinajstić information content (AvgIpc) is 3.51. The van der Waals surface area contributed by atoms with Gasteiger partial charge >= 0.3 is 0 Å². The van der Waals surface area contributed by atoms with Crippen molar-refractivity contribution in [2.45, 2.75) is 26.2 Å². The van der Waals surface area contributed by atoms with Gasteiger partial charge in [-0.1, -0.05) is 35.9 Å². The van der Waals surface area contributed by atoms with E-state index >= 15 is 0 Å². The molecule has 2 saturated heterocycles. The van der Waals surface area contributed by atoms with Gasteiger partial charge in [0.1, 0.15) is 11.6 Å². The van der Waals surface area contributed by atoms with Gasteiger partial charge < -0.3 is 25.2 Å². The van der Waals surface area contributed by atoms with Crippen molar-refractivity contribution >= 4 is 63.5 Å². The van der Waals surface area contributed by atoms with Gasteiger partial charge in [0.25, 0.3) is 17.7 Å². The zero-order valence-electron chi connectivity index (χ0n) is 28.4. The summed E-state index contributed by atoms with van der Waals surface area (Å²) in [7, 11) is 0. The molecule has 0 bridgehead atoms. The fraction of sp³-hybridized carbons (Fsp3) is 0.250. The van der Waals surface area contributed by atoms with E-state index in [2.05, 4.69) is 20.5 Å². The number of aromatic nitrogens is 1. The lowest BCUT2D eigenvalue weighted by Crippen LogP contribution is -2.51. The van der Waals surface area contributed by atoms with Gasteiger partial charge in [-0.25, -0.2) is 9.37 Å². The summed E-state index contributed by atoms with van der Waals surface area (Å²) >= 11 is 7.43. The average molecular weight is 736 g/mol. The van der Waals surface area contributed by atoms with Crippen LogP contribution in [0.1, 0.15) is 54.4 Å². The summed E-state index contributed by atoms with van der Waals surface area (Å²) in [6.45, 7) is 5.57. The third-order valence-corrected chi connectivity index (χ3v) is 11.6. The van der Waals surface area contributed by atoms with Crippen LogP contribution in [0.15, 0.2) is 85.1 Å². The van der Waals surface area contributed by atoms with Gasteiger partial charge in [0.15, 0.2) is 0 Å². The molecular weight excluding hydrogens is 701 g/mol. The van der Waals surface area contributed by atoms with E-state index in [9.17, 15) is 18.8 Å². The van der Waals surface area contributed by atoms with Crippen molar-refractivity contribution in [3.63, 3.8) is 0 Å². The Kier molecular flexibility index (Phi) is 9.02. The molecule has 9 nitrogen and oxygen atoms in total. The normalized spacial score (nSPS) is 16.0. The van der Waals surface area contributed by atoms with Gasteiger partial charge in [-0.15, -0.1) is 11.3 Å². The topological polar surface area (TPSA) is 104 Å². The Bertz CT molecular complexity index is 2190. The van der Waals surface area contributed by atoms with Crippen molar-refractivity contribution in [1.29, 1.82) is 0 Å². The molecule has 5 heterocycles. The number of halogens is 2. The maximum absolute atomic E-state index is 14.4. The summed E-state index contributed by atoms with van der Waals surface area (Å²) in [4.78, 5) is 50.7. The molecule has 0 atom stereocenters. The number of nitrogens with zero attached hydrogens (tertiary/aromatic N) is 3. The van der Waals surface area contributed by atoms with E-state index in [-0.39, 0.29) is 27.9 Å². The fourth-order valence-corrected chi connectivity index (χ4v) is 8.46. The number of hydrogen-bond donors (Lipinski definition) is 2. The van der Waals surface area contributed by atoms with Crippen LogP contribution in [-0.4, -0.2) is 55.6 Å². The number of anilines is 4. The van der Waals surface area contributed by atoms with Crippen molar-refractivity contribution in [3.05, 3.63) is 123 Å². The van der Waals surface area contributed by atoms with Gasteiger partial charge in [-0.3, -0.25) is 14.4 Å². The molecule has 5 aromatic rings. The number of ether oxygens (including phenoxy) is 1. The third-order valence-electron chi connectivity index (χ3n) is 10.1. The second-order valence-corrected chi connectivity index (χ2v) is 15.1. The lowest BCUT2D eigenvalue weighted by Gasteiger charge is -2.47. The molecule has 12 heteroatoms. The van der Waals surface area contributed by atoms with Crippen LogP contribution >= 0.6 is 22.9 Å². The summed E-state index contributed by atoms with van der Waals surface area (Å²) < 4.78 is 19.9. The quantitative estimate of drug-likeness (QED) is 0.182. The Hall–Kier alpha value is -5.10. The highest BCUT2D eigenvalue weighted by atomic mass is 35.5. The van der Waals surface area contributed by atoms with E-state index in [1.807, 2.05) is 37.3 Å². The van der Waals surface area contributed by atoms with Gasteiger partial charge in [-0.05, 0) is 91.9 Å². The number of pyridine rings is 1. The highest BCUT2D eigenvalue weighted by Gasteiger charge is 2.42. The van der Waals surface area contributed by atoms with Crippen LogP contribution in [0.25, 0.3) is 10.4 Å². The van der Waals surface area contributed by atoms with E-state index in [0.717, 1.165) is 66.4 Å². The van der Waals surface area contributed by atoms with Crippen LogP contribution < -0.4 is 20.4 Å². The number of hydrogen-bond acceptors (Lipinski definition) is 7. The third kappa shape index (κ3) is 6.44. The first kappa shape index (κ1) is 34.0. The molecule has 3 aromatic carbocycles. The van der Waals surface area contributed by atoms with Crippen molar-refractivity contribution < 1.29 is 23.5 Å². The summed E-state index contributed by atoms with van der Waals surface area (Å²) in [6.07, 6.45) is 4.33. The lowest BCUT2D eigenvalue weighted by atomic mass is 9.77. The molecule has 0 unspecified atom stereocenters. The second-order valence-electron chi connectivity index (χ2n) is 13.6. The number of benzene rings is 3. The predicted octanol–water partition coefficient (Wildman–Crippen LogP) is 8.24. The SMILES string of the molecule is Cc1cnc(N2CCC3(CC2)COC3)c(C(=O)Nc2ccc(C(=O)N3CCc4cc(C(=O)Nc5c(F)cccc5Cl)sc4-c4ccccc43)cc2)c1. The van der Waals surface area contributed by atoms with E-state index in [0.29, 0.717) is 40.5 Å². The lowest BCUT2D eigenvalue weighted by molar-refractivity contribution is -0.124. The first-order valence-corrected chi connectivity index (χ1v) is 18.4. The number of rotatable bonds is 6. The number of fused-ring (bicyclic) bond motifs is 3. The zero-order chi connectivity index (χ0) is 36.0. The molecule has 1 spiro atoms. The van der Waals surface area contributed by atoms with Crippen LogP contribution in [0.3, 0.4) is 0 Å². The first-order chi connectivity index (χ1) is 25.2. The van der Waals surface area contributed by atoms with E-state index < -0.39 is 11.7 Å². The van der Waals surface area contributed by atoms with Crippen LogP contribution in [0.5, 0.6) is 0 Å². The molecule has 2 aromatic heterocycles. The van der Waals surface area contributed by atoms with Crippen molar-refractivity contribution in [2.75, 3.05) is 53.3 Å². The molecule has 0 aliphatic carbocycles. The Balaban J connectivity index is 0.978. The second kappa shape index (κ2) is 13.8. The standard InChI is InChI=1S/C40H35ClFN5O4S/c1-24-19-29(36(43-21-24)46-17-14-40(15-18-46)22-51-23-40)37(48)44-27-11-9-25(10-12-27)39(50)47-16-13-26-20-33(52-35(26)28-5-2-3-8-32(28)47)38(49)45-34-30(41)6-4-7-31(34)42/h2-12,19-21H,13-18,22-23H2,1H3,(H,44,48)(H,45,49). The molecule has 2 fully saturated rings. The highest BCUT2D eigenvalue weighted by molar-refractivity contribution is 7.17. The molecule has 8 rings (SSSR count). The summed E-state index contributed by atoms with van der Waals surface area (Å²) in [5, 5.41) is 5.73. The fourth-order valence-electron chi connectivity index (χ4n) is 7.12. The Morgan fingerprint density at radius 2 is 1.69 bits per heavy atom. The minimum Gasteiger partial charge on any atom is -0.380 e. The number of thiophene rings is 1. The van der Waals surface area contributed by atoms with Crippen LogP contribution in [0.4, 0.5) is 27.3 Å². The zero-order valence-corrected chi connectivity index (χ0v) is 30.0. The van der Waals surface area contributed by atoms with Crippen molar-refractivity contribution in [2.24, 2.45) is 5.41 Å². The maximum Gasteiger partial charge on any atom is 0.265 e. The minimum atomic E-state index is -0.613. The van der Waals surface area contributed by atoms with E-state index in [1.54, 1.807) is 41.4 Å². The predicted molar refractivity (Wildman–Crippen MR) is 203 cm³/mol. The van der Waals surface area contributed by atoms with Crippen LogP contribution in [-0.2, 0) is 11.2 Å². The smallest absolute Gasteiger partial charge is 0.265 e. The number of aryl methyl sites for hydroxylation is 1. The van der Waals surface area contributed by atoms with Crippen molar-refractivity contribution in [3.8, 4) is 10.4 Å². The Morgan fingerprint density at radius 1 is 0.923 bits per heavy atom. The Labute approximate surface area is 309 Å². The Morgan fingerprint density at radius 3 is 2.42 bits per heavy atom. The first-order valence-electron chi connectivity index (χ1n) is 17.2. The van der Waals surface area contributed by atoms with Gasteiger partial charge in [0.05, 0.1) is 40.1 Å². The molecule has 3 aliphatic heterocycles. The van der Waals surface area contributed by atoms with Crippen molar-refractivity contribution in [1.82, 2.24) is 4.98 Å². The van der Waals surface area contributed by atoms with Gasteiger partial charge in [0, 0.05) is 52.9 Å². The molecular formula is C40H35ClFN5O4S. The largest absolute Gasteiger partial charge is 0.380 e. The number of piperidine rings is 1. The molecule has 0 saturated carbocycles. The monoisotopic (exact) mass is 735 g/mol. The summed E-state index contributed by atoms with van der Waals surface area (Å²) in [5.41, 5.74) is 5.14. The maximum atomic E-state index is 14.4. The molecule has 2 N–H and O–H groups in total. The summed E-state index contributed by atoms with van der Waals surface area (Å²) in [6, 6.07) is 22.4. The molecule has 52 heavy (non-hydrogen) atoms. The number of carbonyl (C=O) groups is 3. The summed E-state index contributed by atoms with van der Waals surface area (Å²) in [5.74, 6) is -0.827. The molecule has 264 valence electrons. The molecule has 0 radical (unpaired) electrons. The number of nitrogens with one attached hydrogen (secondary N) is 2. The number of carbonyl (C=O) groups excluding carboxylic acids is 3.